The van der Waals surface area contributed by atoms with Crippen LogP contribution in [-0.2, 0) is 17.8 Å². The van der Waals surface area contributed by atoms with Crippen LogP contribution in [0.3, 0.4) is 0 Å². The van der Waals surface area contributed by atoms with Crippen LogP contribution < -0.4 is 5.32 Å². The van der Waals surface area contributed by atoms with E-state index in [4.69, 9.17) is 23.2 Å². The summed E-state index contributed by atoms with van der Waals surface area (Å²) in [7, 11) is 0. The highest BCUT2D eigenvalue weighted by molar-refractivity contribution is 6.30. The van der Waals surface area contributed by atoms with E-state index >= 15 is 0 Å². The Hall–Kier alpha value is -2.30. The Labute approximate surface area is 150 Å². The number of rotatable bonds is 5. The molecule has 1 aromatic heterocycles. The van der Waals surface area contributed by atoms with Crippen molar-refractivity contribution in [2.24, 2.45) is 0 Å². The van der Waals surface area contributed by atoms with Crippen LogP contribution in [0, 0.1) is 0 Å². The van der Waals surface area contributed by atoms with Gasteiger partial charge in [0.05, 0.1) is 19.2 Å². The number of hydrogen-bond donors (Lipinski definition) is 1. The number of anilines is 1. The highest BCUT2D eigenvalue weighted by atomic mass is 35.5. The van der Waals surface area contributed by atoms with Crippen LogP contribution in [0.5, 0.6) is 0 Å². The summed E-state index contributed by atoms with van der Waals surface area (Å²) in [5, 5.41) is 8.46. The standard InChI is InChI=1S/C18H15Cl2N3O/c19-15-6-4-13(5-7-15)11-18(24)22-17-8-9-21-23(17)12-14-2-1-3-16(20)10-14/h1-10H,11-12H2,(H,22,24). The van der Waals surface area contributed by atoms with Gasteiger partial charge in [0.1, 0.15) is 5.82 Å². The molecule has 1 amide bonds. The fourth-order valence-corrected chi connectivity index (χ4v) is 2.69. The predicted octanol–water partition coefficient (Wildman–Crippen LogP) is 4.42. The Bertz CT molecular complexity index is 843. The van der Waals surface area contributed by atoms with Crippen molar-refractivity contribution in [3.05, 3.63) is 82.0 Å². The van der Waals surface area contributed by atoms with Crippen molar-refractivity contribution >= 4 is 34.9 Å². The van der Waals surface area contributed by atoms with E-state index in [9.17, 15) is 4.79 Å². The van der Waals surface area contributed by atoms with Crippen LogP contribution in [0.4, 0.5) is 5.82 Å². The van der Waals surface area contributed by atoms with Crippen molar-refractivity contribution in [1.29, 1.82) is 0 Å². The number of nitrogens with zero attached hydrogens (tertiary/aromatic N) is 2. The van der Waals surface area contributed by atoms with Crippen molar-refractivity contribution in [2.45, 2.75) is 13.0 Å². The fraction of sp³-hybridized carbons (Fsp3) is 0.111. The maximum Gasteiger partial charge on any atom is 0.229 e. The van der Waals surface area contributed by atoms with Gasteiger partial charge in [0.15, 0.2) is 0 Å². The summed E-state index contributed by atoms with van der Waals surface area (Å²) in [6.07, 6.45) is 1.93. The van der Waals surface area contributed by atoms with Crippen molar-refractivity contribution in [3.63, 3.8) is 0 Å². The molecule has 24 heavy (non-hydrogen) atoms. The second-order valence-corrected chi connectivity index (χ2v) is 6.23. The van der Waals surface area contributed by atoms with Gasteiger partial charge >= 0.3 is 0 Å². The molecule has 122 valence electrons. The molecule has 0 bridgehead atoms. The van der Waals surface area contributed by atoms with E-state index in [0.29, 0.717) is 22.4 Å². The number of carbonyl (C=O) groups excluding carboxylic acids is 1. The third kappa shape index (κ3) is 4.37. The summed E-state index contributed by atoms with van der Waals surface area (Å²) in [6, 6.07) is 16.5. The molecule has 1 heterocycles. The minimum absolute atomic E-state index is 0.106. The van der Waals surface area contributed by atoms with E-state index in [1.807, 2.05) is 36.4 Å². The van der Waals surface area contributed by atoms with Gasteiger partial charge in [-0.05, 0) is 35.4 Å². The average molecular weight is 360 g/mol. The minimum Gasteiger partial charge on any atom is -0.311 e. The Morgan fingerprint density at radius 1 is 1.00 bits per heavy atom. The van der Waals surface area contributed by atoms with Crippen molar-refractivity contribution in [2.75, 3.05) is 5.32 Å². The van der Waals surface area contributed by atoms with Gasteiger partial charge in [0.25, 0.3) is 0 Å². The number of nitrogens with one attached hydrogen (secondary N) is 1. The quantitative estimate of drug-likeness (QED) is 0.732. The first-order valence-corrected chi connectivity index (χ1v) is 8.16. The largest absolute Gasteiger partial charge is 0.311 e. The summed E-state index contributed by atoms with van der Waals surface area (Å²) in [5.41, 5.74) is 1.91. The number of benzene rings is 2. The Morgan fingerprint density at radius 2 is 1.79 bits per heavy atom. The molecule has 0 radical (unpaired) electrons. The molecule has 0 fully saturated rings. The van der Waals surface area contributed by atoms with Gasteiger partial charge in [-0.1, -0.05) is 47.5 Å². The molecule has 0 unspecified atom stereocenters. The zero-order chi connectivity index (χ0) is 16.9. The van der Waals surface area contributed by atoms with Crippen LogP contribution >= 0.6 is 23.2 Å². The third-order valence-electron chi connectivity index (χ3n) is 3.48. The van der Waals surface area contributed by atoms with Crippen LogP contribution in [0.1, 0.15) is 11.1 Å². The van der Waals surface area contributed by atoms with Gasteiger partial charge < -0.3 is 5.32 Å². The SMILES string of the molecule is O=C(Cc1ccc(Cl)cc1)Nc1ccnn1Cc1cccc(Cl)c1. The average Bonchev–Trinajstić information content (AvgIpc) is 2.96. The second-order valence-electron chi connectivity index (χ2n) is 5.36. The molecule has 0 saturated carbocycles. The maximum atomic E-state index is 12.2. The summed E-state index contributed by atoms with van der Waals surface area (Å²) >= 11 is 11.9. The normalized spacial score (nSPS) is 10.6. The summed E-state index contributed by atoms with van der Waals surface area (Å²) < 4.78 is 1.73. The van der Waals surface area contributed by atoms with E-state index in [1.54, 1.807) is 29.1 Å². The molecule has 0 aliphatic carbocycles. The topological polar surface area (TPSA) is 46.9 Å². The molecule has 4 nitrogen and oxygen atoms in total. The molecular formula is C18H15Cl2N3O. The third-order valence-corrected chi connectivity index (χ3v) is 3.97. The molecule has 0 aliphatic heterocycles. The molecule has 0 saturated heterocycles. The highest BCUT2D eigenvalue weighted by Gasteiger charge is 2.09. The van der Waals surface area contributed by atoms with Gasteiger partial charge in [-0.3, -0.25) is 4.79 Å². The number of carbonyl (C=O) groups is 1. The molecule has 0 atom stereocenters. The van der Waals surface area contributed by atoms with Crippen LogP contribution in [0.2, 0.25) is 10.0 Å². The van der Waals surface area contributed by atoms with E-state index < -0.39 is 0 Å². The second kappa shape index (κ2) is 7.51. The highest BCUT2D eigenvalue weighted by Crippen LogP contribution is 2.15. The number of halogens is 2. The molecule has 0 aliphatic rings. The Kier molecular flexibility index (Phi) is 5.18. The lowest BCUT2D eigenvalue weighted by molar-refractivity contribution is -0.115. The first kappa shape index (κ1) is 16.6. The minimum atomic E-state index is -0.106. The fourth-order valence-electron chi connectivity index (χ4n) is 2.35. The zero-order valence-corrected chi connectivity index (χ0v) is 14.3. The van der Waals surface area contributed by atoms with Gasteiger partial charge in [-0.15, -0.1) is 0 Å². The van der Waals surface area contributed by atoms with Crippen molar-refractivity contribution in [3.8, 4) is 0 Å². The predicted molar refractivity (Wildman–Crippen MR) is 96.6 cm³/mol. The number of hydrogen-bond acceptors (Lipinski definition) is 2. The molecule has 1 N–H and O–H groups in total. The molecule has 2 aromatic carbocycles. The molecular weight excluding hydrogens is 345 g/mol. The summed E-state index contributed by atoms with van der Waals surface area (Å²) in [6.45, 7) is 0.532. The summed E-state index contributed by atoms with van der Waals surface area (Å²) in [4.78, 5) is 12.2. The smallest absolute Gasteiger partial charge is 0.229 e. The van der Waals surface area contributed by atoms with Gasteiger partial charge in [0, 0.05) is 16.1 Å². The first-order chi connectivity index (χ1) is 11.6. The van der Waals surface area contributed by atoms with Crippen LogP contribution in [0.15, 0.2) is 60.8 Å². The zero-order valence-electron chi connectivity index (χ0n) is 12.7. The van der Waals surface area contributed by atoms with Gasteiger partial charge in [-0.25, -0.2) is 4.68 Å². The lowest BCUT2D eigenvalue weighted by atomic mass is 10.1. The molecule has 6 heteroatoms. The van der Waals surface area contributed by atoms with E-state index in [2.05, 4.69) is 10.4 Å². The van der Waals surface area contributed by atoms with Crippen LogP contribution in [0.25, 0.3) is 0 Å². The van der Waals surface area contributed by atoms with Crippen LogP contribution in [-0.4, -0.2) is 15.7 Å². The Morgan fingerprint density at radius 3 is 2.54 bits per heavy atom. The molecule has 3 rings (SSSR count). The van der Waals surface area contributed by atoms with E-state index in [0.717, 1.165) is 11.1 Å². The molecule has 3 aromatic rings. The Balaban J connectivity index is 1.66. The van der Waals surface area contributed by atoms with E-state index in [1.165, 1.54) is 0 Å². The van der Waals surface area contributed by atoms with E-state index in [-0.39, 0.29) is 12.3 Å². The lowest BCUT2D eigenvalue weighted by Crippen LogP contribution is -2.18. The monoisotopic (exact) mass is 359 g/mol. The first-order valence-electron chi connectivity index (χ1n) is 7.41. The molecule has 0 spiro atoms. The number of amides is 1. The number of aromatic nitrogens is 2. The lowest BCUT2D eigenvalue weighted by Gasteiger charge is -2.09. The van der Waals surface area contributed by atoms with Crippen molar-refractivity contribution in [1.82, 2.24) is 9.78 Å². The summed E-state index contributed by atoms with van der Waals surface area (Å²) in [5.74, 6) is 0.541. The van der Waals surface area contributed by atoms with Gasteiger partial charge in [-0.2, -0.15) is 5.10 Å². The van der Waals surface area contributed by atoms with Crippen molar-refractivity contribution < 1.29 is 4.79 Å². The van der Waals surface area contributed by atoms with Gasteiger partial charge in [0.2, 0.25) is 5.91 Å². The maximum absolute atomic E-state index is 12.2.